The van der Waals surface area contributed by atoms with Crippen molar-refractivity contribution in [2.45, 2.75) is 27.7 Å². The molecule has 3 rings (SSSR count). The number of benzene rings is 2. The van der Waals surface area contributed by atoms with Gasteiger partial charge in [0, 0.05) is 23.2 Å². The molecule has 2 aromatic rings. The van der Waals surface area contributed by atoms with Crippen LogP contribution in [0, 0.1) is 13.8 Å². The summed E-state index contributed by atoms with van der Waals surface area (Å²) in [5.74, 6) is -0.481. The van der Waals surface area contributed by atoms with E-state index in [-0.39, 0.29) is 23.2 Å². The van der Waals surface area contributed by atoms with Crippen molar-refractivity contribution in [3.8, 4) is 11.5 Å². The van der Waals surface area contributed by atoms with Gasteiger partial charge >= 0.3 is 0 Å². The molecule has 1 aliphatic rings. The molecule has 0 saturated carbocycles. The minimum absolute atomic E-state index is 0.0163. The van der Waals surface area contributed by atoms with E-state index in [1.165, 1.54) is 23.0 Å². The first-order valence-electron chi connectivity index (χ1n) is 11.4. The first kappa shape index (κ1) is 27.3. The average Bonchev–Trinajstić information content (AvgIpc) is 2.86. The molecule has 1 saturated heterocycles. The van der Waals surface area contributed by atoms with Crippen LogP contribution in [0.5, 0.6) is 11.5 Å². The molecule has 0 aliphatic carbocycles. The van der Waals surface area contributed by atoms with E-state index >= 15 is 0 Å². The van der Waals surface area contributed by atoms with Gasteiger partial charge in [0.2, 0.25) is 0 Å². The van der Waals surface area contributed by atoms with Crippen molar-refractivity contribution in [2.75, 3.05) is 32.1 Å². The Balaban J connectivity index is 1.77. The molecule has 10 heteroatoms. The Labute approximate surface area is 224 Å². The van der Waals surface area contributed by atoms with Crippen molar-refractivity contribution >= 4 is 62.7 Å². The number of thiocarbonyl (C=S) groups is 1. The van der Waals surface area contributed by atoms with Gasteiger partial charge in [0.25, 0.3) is 17.7 Å². The van der Waals surface area contributed by atoms with Crippen LogP contribution < -0.4 is 14.8 Å². The summed E-state index contributed by atoms with van der Waals surface area (Å²) >= 11 is 8.78. The highest BCUT2D eigenvalue weighted by Gasteiger charge is 2.37. The molecule has 1 aliphatic heterocycles. The van der Waals surface area contributed by atoms with Crippen molar-refractivity contribution in [1.82, 2.24) is 9.80 Å². The molecule has 0 radical (unpaired) electrons. The number of methoxy groups -OCH3 is 1. The average molecular weight is 574 g/mol. The number of carbonyl (C=O) groups excluding carboxylic acids is 3. The Bertz CT molecular complexity index is 1230. The van der Waals surface area contributed by atoms with Gasteiger partial charge in [0.15, 0.2) is 23.2 Å². The van der Waals surface area contributed by atoms with Gasteiger partial charge in [-0.1, -0.05) is 22.0 Å². The fourth-order valence-electron chi connectivity index (χ4n) is 3.70. The quantitative estimate of drug-likeness (QED) is 0.285. The lowest BCUT2D eigenvalue weighted by Gasteiger charge is -2.35. The Morgan fingerprint density at radius 2 is 1.67 bits per heavy atom. The van der Waals surface area contributed by atoms with Crippen LogP contribution in [0.25, 0.3) is 6.08 Å². The van der Waals surface area contributed by atoms with Crippen molar-refractivity contribution in [3.63, 3.8) is 0 Å². The Hall–Kier alpha value is -3.24. The number of halogens is 1. The van der Waals surface area contributed by atoms with Gasteiger partial charge in [-0.2, -0.15) is 0 Å². The maximum Gasteiger partial charge on any atom is 0.265 e. The van der Waals surface area contributed by atoms with Crippen LogP contribution in [0.15, 0.2) is 40.4 Å². The van der Waals surface area contributed by atoms with Gasteiger partial charge in [-0.05, 0) is 86.9 Å². The van der Waals surface area contributed by atoms with Crippen molar-refractivity contribution in [3.05, 3.63) is 57.1 Å². The monoisotopic (exact) mass is 573 g/mol. The number of nitrogens with one attached hydrogen (secondary N) is 1. The molecule has 0 spiro atoms. The number of ether oxygens (including phenoxy) is 2. The predicted molar refractivity (Wildman–Crippen MR) is 146 cm³/mol. The van der Waals surface area contributed by atoms with Gasteiger partial charge in [-0.3, -0.25) is 24.2 Å². The summed E-state index contributed by atoms with van der Waals surface area (Å²) in [5, 5.41) is 3.06. The molecule has 0 atom stereocenters. The SMILES string of the molecule is CCN1C(=O)C(=Cc2ccc(OCC(=O)Nc3ccc(Br)c(C)c3C)c(OC)c2)C(=O)N(CC)C1=S. The van der Waals surface area contributed by atoms with Crippen LogP contribution in [0.3, 0.4) is 0 Å². The first-order valence-corrected chi connectivity index (χ1v) is 12.6. The zero-order valence-electron chi connectivity index (χ0n) is 20.8. The molecule has 1 N–H and O–H groups in total. The fraction of sp³-hybridized carbons (Fsp3) is 0.308. The first-order chi connectivity index (χ1) is 17.1. The van der Waals surface area contributed by atoms with Crippen molar-refractivity contribution in [2.24, 2.45) is 0 Å². The molecule has 0 bridgehead atoms. The summed E-state index contributed by atoms with van der Waals surface area (Å²) in [5.41, 5.74) is 3.30. The predicted octanol–water partition coefficient (Wildman–Crippen LogP) is 4.47. The summed E-state index contributed by atoms with van der Waals surface area (Å²) in [6, 6.07) is 8.66. The third-order valence-electron chi connectivity index (χ3n) is 5.90. The molecular weight excluding hydrogens is 546 g/mol. The number of nitrogens with zero attached hydrogens (tertiary/aromatic N) is 2. The molecule has 8 nitrogen and oxygen atoms in total. The normalized spacial score (nSPS) is 13.7. The van der Waals surface area contributed by atoms with Gasteiger partial charge in [0.05, 0.1) is 7.11 Å². The number of carbonyl (C=O) groups is 3. The minimum atomic E-state index is -0.438. The maximum atomic E-state index is 12.9. The Morgan fingerprint density at radius 3 is 2.25 bits per heavy atom. The zero-order chi connectivity index (χ0) is 26.6. The van der Waals surface area contributed by atoms with E-state index < -0.39 is 11.8 Å². The molecule has 36 heavy (non-hydrogen) atoms. The largest absolute Gasteiger partial charge is 0.493 e. The lowest BCUT2D eigenvalue weighted by atomic mass is 10.1. The molecule has 1 fully saturated rings. The second-order valence-corrected chi connectivity index (χ2v) is 9.25. The molecule has 2 aromatic carbocycles. The minimum Gasteiger partial charge on any atom is -0.493 e. The molecule has 3 amide bonds. The van der Waals surface area contributed by atoms with Crippen LogP contribution in [-0.4, -0.2) is 59.4 Å². The Morgan fingerprint density at radius 1 is 1.03 bits per heavy atom. The summed E-state index contributed by atoms with van der Waals surface area (Å²) in [6.07, 6.45) is 1.51. The highest BCUT2D eigenvalue weighted by molar-refractivity contribution is 9.10. The maximum absolute atomic E-state index is 12.9. The van der Waals surface area contributed by atoms with E-state index in [2.05, 4.69) is 21.2 Å². The van der Waals surface area contributed by atoms with Crippen LogP contribution >= 0.6 is 28.1 Å². The van der Waals surface area contributed by atoms with E-state index in [0.717, 1.165) is 15.6 Å². The lowest BCUT2D eigenvalue weighted by molar-refractivity contribution is -0.133. The highest BCUT2D eigenvalue weighted by Crippen LogP contribution is 2.30. The van der Waals surface area contributed by atoms with Crippen molar-refractivity contribution in [1.29, 1.82) is 0 Å². The lowest BCUT2D eigenvalue weighted by Crippen LogP contribution is -2.55. The summed E-state index contributed by atoms with van der Waals surface area (Å²) < 4.78 is 12.1. The van der Waals surface area contributed by atoms with Gasteiger partial charge in [-0.25, -0.2) is 0 Å². The van der Waals surface area contributed by atoms with Crippen LogP contribution in [0.4, 0.5) is 5.69 Å². The van der Waals surface area contributed by atoms with E-state index in [0.29, 0.717) is 35.8 Å². The van der Waals surface area contributed by atoms with E-state index in [1.807, 2.05) is 26.0 Å². The number of hydrogen-bond donors (Lipinski definition) is 1. The number of amides is 3. The number of anilines is 1. The third-order valence-corrected chi connectivity index (χ3v) is 7.20. The molecule has 190 valence electrons. The number of rotatable bonds is 8. The standard InChI is InChI=1S/C26H28BrN3O5S/c1-6-29-24(32)18(25(33)30(7-2)26(29)36)12-17-8-11-21(22(13-17)34-5)35-14-23(31)28-20-10-9-19(27)15(3)16(20)4/h8-13H,6-7,14H2,1-5H3,(H,28,31). The second kappa shape index (κ2) is 11.7. The van der Waals surface area contributed by atoms with Crippen LogP contribution in [-0.2, 0) is 14.4 Å². The number of likely N-dealkylation sites (N-methyl/N-ethyl adjacent to an activating group) is 2. The van der Waals surface area contributed by atoms with E-state index in [1.54, 1.807) is 32.0 Å². The van der Waals surface area contributed by atoms with Crippen LogP contribution in [0.2, 0.25) is 0 Å². The molecule has 0 aromatic heterocycles. The zero-order valence-corrected chi connectivity index (χ0v) is 23.2. The van der Waals surface area contributed by atoms with Gasteiger partial charge in [0.1, 0.15) is 5.57 Å². The summed E-state index contributed by atoms with van der Waals surface area (Å²) in [4.78, 5) is 41.0. The Kier molecular flexibility index (Phi) is 8.86. The third kappa shape index (κ3) is 5.60. The fourth-order valence-corrected chi connectivity index (χ4v) is 4.55. The highest BCUT2D eigenvalue weighted by atomic mass is 79.9. The van der Waals surface area contributed by atoms with Gasteiger partial charge in [-0.15, -0.1) is 0 Å². The van der Waals surface area contributed by atoms with Crippen LogP contribution in [0.1, 0.15) is 30.5 Å². The smallest absolute Gasteiger partial charge is 0.265 e. The molecular formula is C26H28BrN3O5S. The van der Waals surface area contributed by atoms with Crippen molar-refractivity contribution < 1.29 is 23.9 Å². The van der Waals surface area contributed by atoms with E-state index in [9.17, 15) is 14.4 Å². The summed E-state index contributed by atoms with van der Waals surface area (Å²) in [6.45, 7) is 7.99. The van der Waals surface area contributed by atoms with E-state index in [4.69, 9.17) is 21.7 Å². The molecule has 1 heterocycles. The summed E-state index contributed by atoms with van der Waals surface area (Å²) in [7, 11) is 1.47. The van der Waals surface area contributed by atoms with Gasteiger partial charge < -0.3 is 14.8 Å². The molecule has 0 unspecified atom stereocenters. The topological polar surface area (TPSA) is 88.2 Å². The second-order valence-electron chi connectivity index (χ2n) is 8.03. The number of hydrogen-bond acceptors (Lipinski definition) is 6.